The van der Waals surface area contributed by atoms with E-state index in [2.05, 4.69) is 0 Å². The summed E-state index contributed by atoms with van der Waals surface area (Å²) in [6.45, 7) is 1.22. The molecule has 170 valence electrons. The van der Waals surface area contributed by atoms with E-state index in [1.54, 1.807) is 22.8 Å². The Morgan fingerprint density at radius 2 is 1.91 bits per heavy atom. The number of nitrogens with zero attached hydrogens (tertiary/aromatic N) is 2. The molecule has 1 saturated heterocycles. The fourth-order valence-corrected chi connectivity index (χ4v) is 8.38. The van der Waals surface area contributed by atoms with Crippen LogP contribution in [-0.4, -0.2) is 33.8 Å². The number of carbonyl (C=O) groups excluding carboxylic acids is 1. The first kappa shape index (κ1) is 21.2. The Balaban J connectivity index is 1.29. The minimum absolute atomic E-state index is 0.0254. The summed E-state index contributed by atoms with van der Waals surface area (Å²) in [6.07, 6.45) is 9.18. The second-order valence-electron chi connectivity index (χ2n) is 10.5. The van der Waals surface area contributed by atoms with E-state index in [0.717, 1.165) is 56.5 Å². The zero-order chi connectivity index (χ0) is 21.9. The molecule has 2 heterocycles. The third-order valence-corrected chi connectivity index (χ3v) is 9.47. The molecule has 0 N–H and O–H groups in total. The molecule has 7 heteroatoms. The number of benzene rings is 1. The van der Waals surface area contributed by atoms with Crippen LogP contribution in [0, 0.1) is 23.2 Å². The van der Waals surface area contributed by atoms with E-state index in [1.807, 2.05) is 0 Å². The van der Waals surface area contributed by atoms with Crippen LogP contribution in [-0.2, 0) is 16.1 Å². The lowest BCUT2D eigenvalue weighted by atomic mass is 9.48. The molecule has 5 nitrogen and oxygen atoms in total. The molecule has 5 fully saturated rings. The smallest absolute Gasteiger partial charge is 0.262 e. The number of aromatic nitrogens is 2. The monoisotopic (exact) mass is 472 g/mol. The molecule has 0 radical (unpaired) electrons. The van der Waals surface area contributed by atoms with Crippen molar-refractivity contribution in [1.29, 1.82) is 0 Å². The first-order chi connectivity index (χ1) is 15.5. The number of ketones is 1. The van der Waals surface area contributed by atoms with Crippen molar-refractivity contribution in [2.24, 2.45) is 23.2 Å². The van der Waals surface area contributed by atoms with E-state index in [1.165, 1.54) is 31.0 Å². The normalized spacial score (nSPS) is 33.3. The number of carbonyl (C=O) groups is 1. The van der Waals surface area contributed by atoms with Gasteiger partial charge in [-0.15, -0.1) is 0 Å². The number of rotatable bonds is 6. The number of thioether (sulfide) groups is 1. The summed E-state index contributed by atoms with van der Waals surface area (Å²) < 4.78 is 7.53. The average molecular weight is 473 g/mol. The number of hydrogen-bond acceptors (Lipinski definition) is 5. The van der Waals surface area contributed by atoms with Gasteiger partial charge in [0.1, 0.15) is 5.78 Å². The van der Waals surface area contributed by atoms with Crippen molar-refractivity contribution >= 4 is 40.0 Å². The van der Waals surface area contributed by atoms with Gasteiger partial charge in [0.15, 0.2) is 5.16 Å². The third-order valence-electron chi connectivity index (χ3n) is 8.25. The molecule has 1 aliphatic heterocycles. The molecular weight excluding hydrogens is 444 g/mol. The number of fused-ring (bicyclic) bond motifs is 1. The van der Waals surface area contributed by atoms with Crippen LogP contribution in [0.25, 0.3) is 10.9 Å². The van der Waals surface area contributed by atoms with Gasteiger partial charge in [0.2, 0.25) is 0 Å². The van der Waals surface area contributed by atoms with Gasteiger partial charge in [-0.1, -0.05) is 23.4 Å². The Morgan fingerprint density at radius 3 is 2.56 bits per heavy atom. The Kier molecular flexibility index (Phi) is 5.39. The molecule has 5 aliphatic rings. The van der Waals surface area contributed by atoms with Crippen LogP contribution in [0.15, 0.2) is 28.2 Å². The molecule has 1 unspecified atom stereocenters. The molecular formula is C25H29ClN2O3S. The number of ether oxygens (including phenoxy) is 1. The van der Waals surface area contributed by atoms with E-state index in [4.69, 9.17) is 21.3 Å². The van der Waals surface area contributed by atoms with E-state index < -0.39 is 0 Å². The minimum atomic E-state index is -0.123. The highest BCUT2D eigenvalue weighted by atomic mass is 35.5. The van der Waals surface area contributed by atoms with Crippen LogP contribution in [0.4, 0.5) is 0 Å². The number of hydrogen-bond donors (Lipinski definition) is 0. The molecule has 4 bridgehead atoms. The largest absolute Gasteiger partial charge is 0.376 e. The third kappa shape index (κ3) is 3.72. The maximum absolute atomic E-state index is 13.5. The topological polar surface area (TPSA) is 61.2 Å². The minimum Gasteiger partial charge on any atom is -0.376 e. The predicted molar refractivity (Wildman–Crippen MR) is 126 cm³/mol. The van der Waals surface area contributed by atoms with Crippen LogP contribution < -0.4 is 5.56 Å². The van der Waals surface area contributed by atoms with Gasteiger partial charge in [-0.3, -0.25) is 14.2 Å². The Morgan fingerprint density at radius 1 is 1.19 bits per heavy atom. The summed E-state index contributed by atoms with van der Waals surface area (Å²) in [5, 5.41) is 1.73. The van der Waals surface area contributed by atoms with Gasteiger partial charge in [-0.25, -0.2) is 4.98 Å². The molecule has 1 aromatic heterocycles. The number of halogens is 1. The maximum atomic E-state index is 13.5. The zero-order valence-corrected chi connectivity index (χ0v) is 19.8. The molecule has 1 atom stereocenters. The standard InChI is InChI=1S/C25H29ClN2O3S/c26-18-3-4-20-21(9-18)27-24(28(23(20)30)13-19-2-1-5-31-19)32-14-22(29)25-10-15-6-16(11-25)8-17(7-15)12-25/h3-4,9,15-17,19H,1-2,5-8,10-14H2. The molecule has 7 rings (SSSR count). The lowest BCUT2D eigenvalue weighted by Gasteiger charge is -2.56. The van der Waals surface area contributed by atoms with Crippen LogP contribution >= 0.6 is 23.4 Å². The van der Waals surface area contributed by atoms with E-state index >= 15 is 0 Å². The van der Waals surface area contributed by atoms with Crippen LogP contribution in [0.3, 0.4) is 0 Å². The zero-order valence-electron chi connectivity index (χ0n) is 18.2. The molecule has 32 heavy (non-hydrogen) atoms. The summed E-state index contributed by atoms with van der Waals surface area (Å²) in [5.74, 6) is 2.98. The van der Waals surface area contributed by atoms with Gasteiger partial charge in [0.25, 0.3) is 5.56 Å². The van der Waals surface area contributed by atoms with E-state index in [0.29, 0.717) is 39.2 Å². The van der Waals surface area contributed by atoms with Gasteiger partial charge in [0, 0.05) is 17.0 Å². The van der Waals surface area contributed by atoms with E-state index in [9.17, 15) is 9.59 Å². The highest BCUT2D eigenvalue weighted by Gasteiger charge is 2.54. The van der Waals surface area contributed by atoms with E-state index in [-0.39, 0.29) is 17.1 Å². The lowest BCUT2D eigenvalue weighted by molar-refractivity contribution is -0.141. The summed E-state index contributed by atoms with van der Waals surface area (Å²) in [7, 11) is 0. The Labute approximate surface area is 197 Å². The van der Waals surface area contributed by atoms with Crippen molar-refractivity contribution in [3.63, 3.8) is 0 Å². The summed E-state index contributed by atoms with van der Waals surface area (Å²) >= 11 is 7.60. The first-order valence-corrected chi connectivity index (χ1v) is 13.3. The van der Waals surface area contributed by atoms with Crippen molar-refractivity contribution in [1.82, 2.24) is 9.55 Å². The Hall–Kier alpha value is -1.37. The molecule has 0 spiro atoms. The van der Waals surface area contributed by atoms with Gasteiger partial charge < -0.3 is 4.74 Å². The summed E-state index contributed by atoms with van der Waals surface area (Å²) in [5.41, 5.74) is 0.393. The average Bonchev–Trinajstić information content (AvgIpc) is 3.26. The van der Waals surface area contributed by atoms with Crippen molar-refractivity contribution in [3.8, 4) is 0 Å². The second kappa shape index (κ2) is 8.14. The van der Waals surface area contributed by atoms with Gasteiger partial charge >= 0.3 is 0 Å². The van der Waals surface area contributed by atoms with Crippen LogP contribution in [0.2, 0.25) is 5.02 Å². The Bertz CT molecular complexity index is 1090. The van der Waals surface area contributed by atoms with Gasteiger partial charge in [0.05, 0.1) is 29.3 Å². The molecule has 0 amide bonds. The summed E-state index contributed by atoms with van der Waals surface area (Å²) in [4.78, 5) is 31.7. The van der Waals surface area contributed by atoms with Crippen molar-refractivity contribution in [3.05, 3.63) is 33.6 Å². The van der Waals surface area contributed by atoms with Crippen molar-refractivity contribution in [2.45, 2.75) is 69.2 Å². The predicted octanol–water partition coefficient (Wildman–Crippen LogP) is 5.11. The van der Waals surface area contributed by atoms with Crippen LogP contribution in [0.5, 0.6) is 0 Å². The van der Waals surface area contributed by atoms with Crippen molar-refractivity contribution < 1.29 is 9.53 Å². The first-order valence-electron chi connectivity index (χ1n) is 12.0. The summed E-state index contributed by atoms with van der Waals surface area (Å²) in [6, 6.07) is 5.21. The molecule has 1 aromatic carbocycles. The molecule has 4 aliphatic carbocycles. The fraction of sp³-hybridized carbons (Fsp3) is 0.640. The quantitative estimate of drug-likeness (QED) is 0.432. The molecule has 4 saturated carbocycles. The second-order valence-corrected chi connectivity index (χ2v) is 11.9. The SMILES string of the molecule is O=C(CSc1nc2cc(Cl)ccc2c(=O)n1CC1CCCO1)C12CC3CC(CC(C3)C1)C2. The highest BCUT2D eigenvalue weighted by Crippen LogP contribution is 2.60. The van der Waals surface area contributed by atoms with Crippen molar-refractivity contribution in [2.75, 3.05) is 12.4 Å². The van der Waals surface area contributed by atoms with Crippen LogP contribution in [0.1, 0.15) is 51.4 Å². The molecule has 2 aromatic rings. The highest BCUT2D eigenvalue weighted by molar-refractivity contribution is 7.99. The number of Topliss-reactive ketones (excluding diaryl/α,β-unsaturated/α-hetero) is 1. The maximum Gasteiger partial charge on any atom is 0.262 e. The fourth-order valence-electron chi connectivity index (χ4n) is 7.17. The van der Waals surface area contributed by atoms with Gasteiger partial charge in [-0.05, 0) is 87.3 Å². The lowest BCUT2D eigenvalue weighted by Crippen LogP contribution is -2.50. The van der Waals surface area contributed by atoms with Gasteiger partial charge in [-0.2, -0.15) is 0 Å².